The zero-order valence-electron chi connectivity index (χ0n) is 18.1. The van der Waals surface area contributed by atoms with Gasteiger partial charge < -0.3 is 20.1 Å². The van der Waals surface area contributed by atoms with E-state index in [1.165, 1.54) is 0 Å². The molecule has 3 N–H and O–H groups in total. The van der Waals surface area contributed by atoms with Crippen molar-refractivity contribution in [2.75, 3.05) is 12.4 Å². The SMILES string of the molecule is CCCCCC(C)(O)CS[C@H]1C(O)CC(O)[C@@H]1CCCCCCC(=O)OCC. The summed E-state index contributed by atoms with van der Waals surface area (Å²) in [5, 5.41) is 31.3. The molecule has 3 unspecified atom stereocenters. The summed E-state index contributed by atoms with van der Waals surface area (Å²) in [5.74, 6) is 0.553. The van der Waals surface area contributed by atoms with Crippen LogP contribution in [0.25, 0.3) is 0 Å². The second kappa shape index (κ2) is 13.8. The van der Waals surface area contributed by atoms with Crippen LogP contribution < -0.4 is 0 Å². The number of rotatable bonds is 15. The number of esters is 1. The molecule has 1 aliphatic carbocycles. The molecular formula is C22H42O5S. The van der Waals surface area contributed by atoms with E-state index in [4.69, 9.17) is 4.74 Å². The van der Waals surface area contributed by atoms with Crippen LogP contribution in [-0.2, 0) is 9.53 Å². The van der Waals surface area contributed by atoms with Gasteiger partial charge in [-0.2, -0.15) is 11.8 Å². The molecule has 0 aliphatic heterocycles. The molecule has 0 aromatic carbocycles. The number of ether oxygens (including phenoxy) is 1. The van der Waals surface area contributed by atoms with E-state index in [1.807, 2.05) is 13.8 Å². The largest absolute Gasteiger partial charge is 0.466 e. The van der Waals surface area contributed by atoms with E-state index in [9.17, 15) is 20.1 Å². The Hall–Kier alpha value is -0.300. The predicted octanol–water partition coefficient (Wildman–Crippen LogP) is 4.06. The molecule has 0 spiro atoms. The van der Waals surface area contributed by atoms with Gasteiger partial charge in [0.1, 0.15) is 0 Å². The van der Waals surface area contributed by atoms with Gasteiger partial charge in [0.05, 0.1) is 24.4 Å². The van der Waals surface area contributed by atoms with Crippen LogP contribution in [0.15, 0.2) is 0 Å². The lowest BCUT2D eigenvalue weighted by molar-refractivity contribution is -0.143. The maximum atomic E-state index is 11.3. The van der Waals surface area contributed by atoms with Crippen LogP contribution in [0.4, 0.5) is 0 Å². The zero-order chi connectivity index (χ0) is 21.0. The fraction of sp³-hybridized carbons (Fsp3) is 0.955. The molecule has 1 saturated carbocycles. The monoisotopic (exact) mass is 418 g/mol. The van der Waals surface area contributed by atoms with Crippen LogP contribution in [0, 0.1) is 5.92 Å². The lowest BCUT2D eigenvalue weighted by atomic mass is 9.97. The van der Waals surface area contributed by atoms with Gasteiger partial charge in [0.25, 0.3) is 0 Å². The maximum absolute atomic E-state index is 11.3. The van der Waals surface area contributed by atoms with E-state index < -0.39 is 17.8 Å². The van der Waals surface area contributed by atoms with Crippen LogP contribution in [0.2, 0.25) is 0 Å². The van der Waals surface area contributed by atoms with Crippen LogP contribution in [0.3, 0.4) is 0 Å². The summed E-state index contributed by atoms with van der Waals surface area (Å²) in [6, 6.07) is 0. The van der Waals surface area contributed by atoms with Gasteiger partial charge in [-0.15, -0.1) is 0 Å². The van der Waals surface area contributed by atoms with Crippen molar-refractivity contribution >= 4 is 17.7 Å². The highest BCUT2D eigenvalue weighted by Crippen LogP contribution is 2.40. The number of hydrogen-bond acceptors (Lipinski definition) is 6. The Kier molecular flexibility index (Phi) is 12.7. The highest BCUT2D eigenvalue weighted by atomic mass is 32.2. The third-order valence-corrected chi connectivity index (χ3v) is 7.49. The minimum atomic E-state index is -0.718. The zero-order valence-corrected chi connectivity index (χ0v) is 18.9. The number of aliphatic hydroxyl groups is 3. The lowest BCUT2D eigenvalue weighted by Crippen LogP contribution is -2.32. The Balaban J connectivity index is 2.33. The number of unbranched alkanes of at least 4 members (excludes halogenated alkanes) is 5. The average Bonchev–Trinajstić information content (AvgIpc) is 2.89. The molecule has 5 nitrogen and oxygen atoms in total. The molecule has 0 bridgehead atoms. The molecule has 28 heavy (non-hydrogen) atoms. The van der Waals surface area contributed by atoms with Gasteiger partial charge in [0, 0.05) is 23.8 Å². The van der Waals surface area contributed by atoms with Gasteiger partial charge in [-0.3, -0.25) is 4.79 Å². The molecule has 0 aromatic rings. The quantitative estimate of drug-likeness (QED) is 0.275. The number of hydrogen-bond donors (Lipinski definition) is 3. The van der Waals surface area contributed by atoms with Gasteiger partial charge in [-0.25, -0.2) is 0 Å². The minimum Gasteiger partial charge on any atom is -0.466 e. The molecule has 0 saturated heterocycles. The van der Waals surface area contributed by atoms with E-state index in [0.717, 1.165) is 57.8 Å². The maximum Gasteiger partial charge on any atom is 0.305 e. The summed E-state index contributed by atoms with van der Waals surface area (Å²) in [7, 11) is 0. The molecular weight excluding hydrogens is 376 g/mol. The Morgan fingerprint density at radius 2 is 1.79 bits per heavy atom. The van der Waals surface area contributed by atoms with E-state index in [1.54, 1.807) is 11.8 Å². The summed E-state index contributed by atoms with van der Waals surface area (Å²) < 4.78 is 4.93. The first kappa shape index (κ1) is 25.7. The van der Waals surface area contributed by atoms with E-state index >= 15 is 0 Å². The molecule has 0 amide bonds. The van der Waals surface area contributed by atoms with Crippen LogP contribution in [0.5, 0.6) is 0 Å². The Morgan fingerprint density at radius 3 is 2.46 bits per heavy atom. The fourth-order valence-electron chi connectivity index (χ4n) is 3.99. The second-order valence-electron chi connectivity index (χ2n) is 8.52. The highest BCUT2D eigenvalue weighted by molar-refractivity contribution is 8.00. The van der Waals surface area contributed by atoms with E-state index in [-0.39, 0.29) is 17.1 Å². The third-order valence-electron chi connectivity index (χ3n) is 5.66. The molecule has 0 heterocycles. The second-order valence-corrected chi connectivity index (χ2v) is 9.69. The topological polar surface area (TPSA) is 87.0 Å². The smallest absolute Gasteiger partial charge is 0.305 e. The summed E-state index contributed by atoms with van der Waals surface area (Å²) in [5.41, 5.74) is -0.718. The third kappa shape index (κ3) is 9.95. The Labute approximate surface area is 175 Å². The summed E-state index contributed by atoms with van der Waals surface area (Å²) in [6.45, 7) is 6.29. The van der Waals surface area contributed by atoms with Gasteiger partial charge >= 0.3 is 5.97 Å². The lowest BCUT2D eigenvalue weighted by Gasteiger charge is -2.28. The van der Waals surface area contributed by atoms with Crippen molar-refractivity contribution in [2.45, 2.75) is 114 Å². The highest BCUT2D eigenvalue weighted by Gasteiger charge is 2.42. The van der Waals surface area contributed by atoms with Crippen LogP contribution in [0.1, 0.15) is 91.4 Å². The van der Waals surface area contributed by atoms with Crippen molar-refractivity contribution in [1.82, 2.24) is 0 Å². The summed E-state index contributed by atoms with van der Waals surface area (Å²) in [4.78, 5) is 11.3. The molecule has 166 valence electrons. The molecule has 1 rings (SSSR count). The predicted molar refractivity (Wildman–Crippen MR) is 115 cm³/mol. The van der Waals surface area contributed by atoms with Crippen molar-refractivity contribution in [3.63, 3.8) is 0 Å². The van der Waals surface area contributed by atoms with Gasteiger partial charge in [-0.1, -0.05) is 45.4 Å². The van der Waals surface area contributed by atoms with Gasteiger partial charge in [-0.05, 0) is 39.0 Å². The molecule has 1 aliphatic rings. The fourth-order valence-corrected chi connectivity index (χ4v) is 5.59. The molecule has 0 aromatic heterocycles. The number of carbonyl (C=O) groups is 1. The minimum absolute atomic E-state index is 0.00724. The number of carbonyl (C=O) groups excluding carboxylic acids is 1. The first-order valence-electron chi connectivity index (χ1n) is 11.2. The Bertz CT molecular complexity index is 429. The van der Waals surface area contributed by atoms with E-state index in [0.29, 0.717) is 25.2 Å². The standard InChI is InChI=1S/C22H42O5S/c1-4-6-11-14-22(3,26)16-28-21-17(18(23)15-19(21)24)12-9-7-8-10-13-20(25)27-5-2/h17-19,21,23-24,26H,4-16H2,1-3H3/t17-,18?,19?,21+,22?/m0/s1. The van der Waals surface area contributed by atoms with Crippen molar-refractivity contribution in [1.29, 1.82) is 0 Å². The average molecular weight is 419 g/mol. The van der Waals surface area contributed by atoms with Gasteiger partial charge in [0.2, 0.25) is 0 Å². The first-order chi connectivity index (χ1) is 13.3. The van der Waals surface area contributed by atoms with Crippen molar-refractivity contribution < 1.29 is 24.9 Å². The normalized spacial score (nSPS) is 26.9. The van der Waals surface area contributed by atoms with Gasteiger partial charge in [0.15, 0.2) is 0 Å². The van der Waals surface area contributed by atoms with Crippen LogP contribution >= 0.6 is 11.8 Å². The molecule has 1 fully saturated rings. The van der Waals surface area contributed by atoms with Crippen molar-refractivity contribution in [2.24, 2.45) is 5.92 Å². The number of thioether (sulfide) groups is 1. The summed E-state index contributed by atoms with van der Waals surface area (Å²) >= 11 is 1.63. The Morgan fingerprint density at radius 1 is 1.07 bits per heavy atom. The summed E-state index contributed by atoms with van der Waals surface area (Å²) in [6.07, 6.45) is 8.73. The molecule has 5 atom stereocenters. The first-order valence-corrected chi connectivity index (χ1v) is 12.2. The molecule has 6 heteroatoms. The van der Waals surface area contributed by atoms with Crippen molar-refractivity contribution in [3.05, 3.63) is 0 Å². The number of aliphatic hydroxyl groups excluding tert-OH is 2. The van der Waals surface area contributed by atoms with E-state index in [2.05, 4.69) is 6.92 Å². The van der Waals surface area contributed by atoms with Crippen LogP contribution in [-0.4, -0.2) is 56.7 Å². The van der Waals surface area contributed by atoms with Crippen molar-refractivity contribution in [3.8, 4) is 0 Å². The molecule has 0 radical (unpaired) electrons.